The van der Waals surface area contributed by atoms with Crippen molar-refractivity contribution < 1.29 is 14.0 Å². The SMILES string of the molecule is CCNC(=NCc1ccc(C(=O)NCC(N)=O)cc1)NCCc1c[nH]c2cc(F)ccc12.I. The summed E-state index contributed by atoms with van der Waals surface area (Å²) in [6.07, 6.45) is 2.65. The Labute approximate surface area is 208 Å². The van der Waals surface area contributed by atoms with Crippen LogP contribution >= 0.6 is 24.0 Å². The number of aliphatic imine (C=N–C) groups is 1. The Kier molecular flexibility index (Phi) is 10.1. The number of guanidine groups is 1. The van der Waals surface area contributed by atoms with Gasteiger partial charge in [0.25, 0.3) is 5.91 Å². The largest absolute Gasteiger partial charge is 0.368 e. The molecule has 0 unspecified atom stereocenters. The van der Waals surface area contributed by atoms with Crippen molar-refractivity contribution in [1.82, 2.24) is 20.9 Å². The van der Waals surface area contributed by atoms with Crippen molar-refractivity contribution in [3.8, 4) is 0 Å². The molecule has 8 nitrogen and oxygen atoms in total. The number of amides is 2. The Morgan fingerprint density at radius 3 is 2.55 bits per heavy atom. The summed E-state index contributed by atoms with van der Waals surface area (Å²) in [5, 5.41) is 9.97. The number of nitrogens with zero attached hydrogens (tertiary/aromatic N) is 1. The highest BCUT2D eigenvalue weighted by atomic mass is 127. The summed E-state index contributed by atoms with van der Waals surface area (Å²) in [5.41, 5.74) is 8.31. The maximum atomic E-state index is 13.3. The minimum atomic E-state index is -0.591. The summed E-state index contributed by atoms with van der Waals surface area (Å²) in [4.78, 5) is 30.4. The van der Waals surface area contributed by atoms with Crippen LogP contribution in [-0.4, -0.2) is 42.4 Å². The van der Waals surface area contributed by atoms with Crippen LogP contribution in [0.5, 0.6) is 0 Å². The smallest absolute Gasteiger partial charge is 0.251 e. The van der Waals surface area contributed by atoms with Crippen LogP contribution in [0.3, 0.4) is 0 Å². The highest BCUT2D eigenvalue weighted by molar-refractivity contribution is 14.0. The van der Waals surface area contributed by atoms with Gasteiger partial charge in [0.2, 0.25) is 5.91 Å². The van der Waals surface area contributed by atoms with Crippen molar-refractivity contribution in [1.29, 1.82) is 0 Å². The Bertz CT molecular complexity index is 1110. The molecule has 2 aromatic carbocycles. The van der Waals surface area contributed by atoms with Gasteiger partial charge in [0.15, 0.2) is 5.96 Å². The van der Waals surface area contributed by atoms with Crippen LogP contribution in [-0.2, 0) is 17.8 Å². The zero-order chi connectivity index (χ0) is 22.9. The van der Waals surface area contributed by atoms with E-state index in [-0.39, 0.29) is 42.2 Å². The van der Waals surface area contributed by atoms with Crippen molar-refractivity contribution in [2.75, 3.05) is 19.6 Å². The molecule has 6 N–H and O–H groups in total. The van der Waals surface area contributed by atoms with Gasteiger partial charge in [0, 0.05) is 35.8 Å². The predicted molar refractivity (Wildman–Crippen MR) is 138 cm³/mol. The van der Waals surface area contributed by atoms with Gasteiger partial charge >= 0.3 is 0 Å². The molecule has 0 fully saturated rings. The molecule has 0 aliphatic heterocycles. The van der Waals surface area contributed by atoms with Crippen molar-refractivity contribution in [3.63, 3.8) is 0 Å². The van der Waals surface area contributed by atoms with E-state index in [0.29, 0.717) is 24.6 Å². The molecule has 0 atom stereocenters. The zero-order valence-electron chi connectivity index (χ0n) is 18.3. The minimum absolute atomic E-state index is 0. The molecule has 176 valence electrons. The van der Waals surface area contributed by atoms with Gasteiger partial charge in [-0.2, -0.15) is 0 Å². The lowest BCUT2D eigenvalue weighted by Gasteiger charge is -2.11. The molecule has 0 aliphatic rings. The molecule has 0 saturated carbocycles. The molecular formula is C23H28FIN6O2. The van der Waals surface area contributed by atoms with Gasteiger partial charge in [-0.1, -0.05) is 12.1 Å². The van der Waals surface area contributed by atoms with E-state index in [4.69, 9.17) is 5.73 Å². The van der Waals surface area contributed by atoms with Crippen LogP contribution in [0.2, 0.25) is 0 Å². The molecule has 0 aliphatic carbocycles. The van der Waals surface area contributed by atoms with E-state index in [1.54, 1.807) is 18.2 Å². The summed E-state index contributed by atoms with van der Waals surface area (Å²) in [5.74, 6) is -0.521. The molecule has 1 aromatic heterocycles. The first-order valence-electron chi connectivity index (χ1n) is 10.4. The number of halogens is 2. The average Bonchev–Trinajstić information content (AvgIpc) is 3.18. The molecule has 3 rings (SSSR count). The number of aromatic amines is 1. The van der Waals surface area contributed by atoms with Gasteiger partial charge in [-0.25, -0.2) is 9.38 Å². The highest BCUT2D eigenvalue weighted by Gasteiger charge is 2.07. The number of H-pyrrole nitrogens is 1. The van der Waals surface area contributed by atoms with Gasteiger partial charge in [-0.15, -0.1) is 24.0 Å². The Hall–Kier alpha value is -3.15. The van der Waals surface area contributed by atoms with Crippen LogP contribution in [0.4, 0.5) is 4.39 Å². The Morgan fingerprint density at radius 2 is 1.85 bits per heavy atom. The van der Waals surface area contributed by atoms with Gasteiger partial charge in [-0.3, -0.25) is 9.59 Å². The maximum absolute atomic E-state index is 13.3. The molecular weight excluding hydrogens is 538 g/mol. The van der Waals surface area contributed by atoms with Crippen LogP contribution in [0.25, 0.3) is 10.9 Å². The fourth-order valence-corrected chi connectivity index (χ4v) is 3.22. The molecule has 3 aromatic rings. The number of aromatic nitrogens is 1. The first kappa shape index (κ1) is 26.1. The van der Waals surface area contributed by atoms with E-state index in [1.165, 1.54) is 12.1 Å². The maximum Gasteiger partial charge on any atom is 0.251 e. The summed E-state index contributed by atoms with van der Waals surface area (Å²) in [6, 6.07) is 11.7. The quantitative estimate of drug-likeness (QED) is 0.155. The number of benzene rings is 2. The summed E-state index contributed by atoms with van der Waals surface area (Å²) >= 11 is 0. The van der Waals surface area contributed by atoms with Crippen molar-refractivity contribution >= 4 is 52.7 Å². The number of nitrogens with two attached hydrogens (primary N) is 1. The molecule has 0 radical (unpaired) electrons. The third-order valence-corrected chi connectivity index (χ3v) is 4.82. The third-order valence-electron chi connectivity index (χ3n) is 4.82. The fourth-order valence-electron chi connectivity index (χ4n) is 3.22. The topological polar surface area (TPSA) is 124 Å². The first-order valence-corrected chi connectivity index (χ1v) is 10.4. The van der Waals surface area contributed by atoms with Gasteiger partial charge in [-0.05, 0) is 54.8 Å². The van der Waals surface area contributed by atoms with E-state index in [9.17, 15) is 14.0 Å². The van der Waals surface area contributed by atoms with Crippen molar-refractivity contribution in [3.05, 3.63) is 71.2 Å². The summed E-state index contributed by atoms with van der Waals surface area (Å²) < 4.78 is 13.3. The number of fused-ring (bicyclic) bond motifs is 1. The predicted octanol–water partition coefficient (Wildman–Crippen LogP) is 2.44. The highest BCUT2D eigenvalue weighted by Crippen LogP contribution is 2.19. The van der Waals surface area contributed by atoms with Crippen LogP contribution < -0.4 is 21.7 Å². The Morgan fingerprint density at radius 1 is 1.09 bits per heavy atom. The number of hydrogen-bond acceptors (Lipinski definition) is 3. The fraction of sp³-hybridized carbons (Fsp3) is 0.261. The average molecular weight is 566 g/mol. The van der Waals surface area contributed by atoms with Crippen LogP contribution in [0.1, 0.15) is 28.4 Å². The lowest BCUT2D eigenvalue weighted by atomic mass is 10.1. The van der Waals surface area contributed by atoms with Crippen molar-refractivity contribution in [2.24, 2.45) is 10.7 Å². The molecule has 0 saturated heterocycles. The van der Waals surface area contributed by atoms with E-state index < -0.39 is 5.91 Å². The van der Waals surface area contributed by atoms with Crippen molar-refractivity contribution in [2.45, 2.75) is 19.9 Å². The van der Waals surface area contributed by atoms with Crippen LogP contribution in [0, 0.1) is 5.82 Å². The molecule has 0 spiro atoms. The first-order chi connectivity index (χ1) is 15.5. The molecule has 0 bridgehead atoms. The molecule has 2 amide bonds. The van der Waals surface area contributed by atoms with Gasteiger partial charge in [0.05, 0.1) is 13.1 Å². The normalized spacial score (nSPS) is 11.0. The lowest BCUT2D eigenvalue weighted by molar-refractivity contribution is -0.117. The molecule has 33 heavy (non-hydrogen) atoms. The number of hydrogen-bond donors (Lipinski definition) is 5. The summed E-state index contributed by atoms with van der Waals surface area (Å²) in [6.45, 7) is 3.61. The number of primary amides is 1. The number of nitrogens with one attached hydrogen (secondary N) is 4. The monoisotopic (exact) mass is 566 g/mol. The number of rotatable bonds is 9. The minimum Gasteiger partial charge on any atom is -0.368 e. The van der Waals surface area contributed by atoms with E-state index in [2.05, 4.69) is 25.9 Å². The van der Waals surface area contributed by atoms with E-state index >= 15 is 0 Å². The van der Waals surface area contributed by atoms with Gasteiger partial charge < -0.3 is 26.7 Å². The van der Waals surface area contributed by atoms with E-state index in [0.717, 1.165) is 35.0 Å². The molecule has 10 heteroatoms. The second kappa shape index (κ2) is 12.8. The molecule has 1 heterocycles. The zero-order valence-corrected chi connectivity index (χ0v) is 20.6. The third kappa shape index (κ3) is 7.74. The van der Waals surface area contributed by atoms with Gasteiger partial charge in [0.1, 0.15) is 5.82 Å². The standard InChI is InChI=1S/C23H27FN6O2.HI/c1-2-26-23(27-10-9-17-13-28-20-11-18(24)7-8-19(17)20)30-12-15-3-5-16(6-4-15)22(32)29-14-21(25)31;/h3-8,11,13,28H,2,9-10,12,14H2,1H3,(H2,25,31)(H,29,32)(H2,26,27,30);1H. The van der Waals surface area contributed by atoms with Crippen LogP contribution in [0.15, 0.2) is 53.7 Å². The second-order valence-electron chi connectivity index (χ2n) is 7.22. The Balaban J connectivity index is 0.00000385. The van der Waals surface area contributed by atoms with E-state index in [1.807, 2.05) is 25.3 Å². The number of carbonyl (C=O) groups excluding carboxylic acids is 2. The second-order valence-corrected chi connectivity index (χ2v) is 7.22. The summed E-state index contributed by atoms with van der Waals surface area (Å²) in [7, 11) is 0. The lowest BCUT2D eigenvalue weighted by Crippen LogP contribution is -2.38. The number of carbonyl (C=O) groups is 2.